The lowest BCUT2D eigenvalue weighted by atomic mass is 9.97. The van der Waals surface area contributed by atoms with Gasteiger partial charge in [-0.15, -0.1) is 0 Å². The van der Waals surface area contributed by atoms with Gasteiger partial charge in [-0.1, -0.05) is 6.92 Å². The summed E-state index contributed by atoms with van der Waals surface area (Å²) in [6.07, 6.45) is -3.86. The van der Waals surface area contributed by atoms with Crippen LogP contribution in [0, 0.1) is 0 Å². The molecular weight excluding hydrogens is 371 g/mol. The van der Waals surface area contributed by atoms with Crippen molar-refractivity contribution >= 4 is 22.9 Å². The van der Waals surface area contributed by atoms with Crippen molar-refractivity contribution in [2.45, 2.75) is 45.6 Å². The van der Waals surface area contributed by atoms with Gasteiger partial charge in [0.2, 0.25) is 0 Å². The fraction of sp³-hybridized carbons (Fsp3) is 0.500. The highest BCUT2D eigenvalue weighted by Crippen LogP contribution is 2.38. The zero-order valence-corrected chi connectivity index (χ0v) is 15.5. The van der Waals surface area contributed by atoms with Crippen molar-refractivity contribution in [2.75, 3.05) is 11.1 Å². The number of ether oxygens (including phenoxy) is 1. The van der Waals surface area contributed by atoms with Crippen LogP contribution < -0.4 is 16.1 Å². The van der Waals surface area contributed by atoms with Gasteiger partial charge in [0, 0.05) is 6.26 Å². The molecule has 144 valence electrons. The smallest absolute Gasteiger partial charge is 0.371 e. The highest BCUT2D eigenvalue weighted by molar-refractivity contribution is 7.99. The van der Waals surface area contributed by atoms with Crippen LogP contribution in [0.2, 0.25) is 0 Å². The molecule has 10 heteroatoms. The molecule has 0 bridgehead atoms. The minimum Gasteiger partial charge on any atom is -0.371 e. The van der Waals surface area contributed by atoms with Gasteiger partial charge in [0.1, 0.15) is 0 Å². The summed E-state index contributed by atoms with van der Waals surface area (Å²) in [7, 11) is 0. The van der Waals surface area contributed by atoms with Gasteiger partial charge >= 0.3 is 11.9 Å². The zero-order chi connectivity index (χ0) is 19.6. The SMILES string of the molecule is CCC(OC(C)C)c1cc2c(=O)n(NSC)c(=O)[nH]c2cc1C(F)(F)F. The molecular formula is C16H20F3N3O3S. The molecule has 0 aliphatic rings. The number of halogens is 3. The zero-order valence-electron chi connectivity index (χ0n) is 14.7. The Morgan fingerprint density at radius 1 is 1.31 bits per heavy atom. The maximum absolute atomic E-state index is 13.6. The predicted molar refractivity (Wildman–Crippen MR) is 96.0 cm³/mol. The largest absolute Gasteiger partial charge is 0.416 e. The van der Waals surface area contributed by atoms with E-state index in [0.717, 1.165) is 24.1 Å². The van der Waals surface area contributed by atoms with E-state index in [-0.39, 0.29) is 22.6 Å². The van der Waals surface area contributed by atoms with Gasteiger partial charge in [-0.3, -0.25) is 9.63 Å². The second kappa shape index (κ2) is 7.75. The lowest BCUT2D eigenvalue weighted by Crippen LogP contribution is -2.39. The molecule has 2 rings (SSSR count). The highest BCUT2D eigenvalue weighted by atomic mass is 32.2. The third-order valence-corrected chi connectivity index (χ3v) is 4.08. The lowest BCUT2D eigenvalue weighted by molar-refractivity contribution is -0.140. The fourth-order valence-corrected chi connectivity index (χ4v) is 3.03. The quantitative estimate of drug-likeness (QED) is 0.738. The van der Waals surface area contributed by atoms with Crippen LogP contribution in [-0.4, -0.2) is 22.0 Å². The van der Waals surface area contributed by atoms with Crippen molar-refractivity contribution in [3.05, 3.63) is 44.1 Å². The van der Waals surface area contributed by atoms with Gasteiger partial charge in [-0.25, -0.2) is 4.79 Å². The van der Waals surface area contributed by atoms with Gasteiger partial charge < -0.3 is 9.72 Å². The van der Waals surface area contributed by atoms with Gasteiger partial charge in [-0.05, 0) is 49.9 Å². The van der Waals surface area contributed by atoms with Gasteiger partial charge in [0.25, 0.3) is 5.56 Å². The Morgan fingerprint density at radius 2 is 1.96 bits per heavy atom. The van der Waals surface area contributed by atoms with Crippen molar-refractivity contribution in [2.24, 2.45) is 0 Å². The van der Waals surface area contributed by atoms with E-state index in [2.05, 4.69) is 9.82 Å². The van der Waals surface area contributed by atoms with E-state index in [1.165, 1.54) is 0 Å². The number of hydrogen-bond acceptors (Lipinski definition) is 5. The summed E-state index contributed by atoms with van der Waals surface area (Å²) in [5, 5.41) is -0.0278. The Morgan fingerprint density at radius 3 is 2.46 bits per heavy atom. The van der Waals surface area contributed by atoms with Crippen molar-refractivity contribution in [3.63, 3.8) is 0 Å². The van der Waals surface area contributed by atoms with Crippen LogP contribution in [0.4, 0.5) is 13.2 Å². The first-order chi connectivity index (χ1) is 12.1. The summed E-state index contributed by atoms with van der Waals surface area (Å²) in [5.41, 5.74) is -2.80. The lowest BCUT2D eigenvalue weighted by Gasteiger charge is -2.23. The third kappa shape index (κ3) is 4.07. The van der Waals surface area contributed by atoms with Crippen LogP contribution in [0.15, 0.2) is 21.7 Å². The number of hydrogen-bond donors (Lipinski definition) is 2. The average Bonchev–Trinajstić information content (AvgIpc) is 2.54. The molecule has 0 radical (unpaired) electrons. The summed E-state index contributed by atoms with van der Waals surface area (Å²) >= 11 is 1.01. The summed E-state index contributed by atoms with van der Waals surface area (Å²) in [6.45, 7) is 5.16. The maximum Gasteiger partial charge on any atom is 0.416 e. The molecule has 2 aromatic rings. The number of benzene rings is 1. The van der Waals surface area contributed by atoms with Crippen molar-refractivity contribution in [1.29, 1.82) is 0 Å². The monoisotopic (exact) mass is 391 g/mol. The van der Waals surface area contributed by atoms with Crippen LogP contribution in [0.3, 0.4) is 0 Å². The Bertz CT molecular complexity index is 906. The van der Waals surface area contributed by atoms with Crippen molar-refractivity contribution < 1.29 is 17.9 Å². The summed E-state index contributed by atoms with van der Waals surface area (Å²) in [6, 6.07) is 1.95. The summed E-state index contributed by atoms with van der Waals surface area (Å²) in [4.78, 5) is 29.3. The first kappa shape index (κ1) is 20.4. The van der Waals surface area contributed by atoms with Gasteiger partial charge in [0.15, 0.2) is 0 Å². The molecule has 6 nitrogen and oxygen atoms in total. The number of fused-ring (bicyclic) bond motifs is 1. The fourth-order valence-electron chi connectivity index (χ4n) is 2.68. The molecule has 1 heterocycles. The number of alkyl halides is 3. The first-order valence-corrected chi connectivity index (χ1v) is 9.17. The number of rotatable bonds is 6. The second-order valence-electron chi connectivity index (χ2n) is 5.93. The topological polar surface area (TPSA) is 76.1 Å². The van der Waals surface area contributed by atoms with E-state index in [1.807, 2.05) is 0 Å². The van der Waals surface area contributed by atoms with E-state index in [0.29, 0.717) is 11.1 Å². The van der Waals surface area contributed by atoms with Gasteiger partial charge in [-0.2, -0.15) is 17.8 Å². The molecule has 0 saturated carbocycles. The molecule has 1 aromatic carbocycles. The molecule has 2 N–H and O–H groups in total. The number of nitrogens with zero attached hydrogens (tertiary/aromatic N) is 1. The second-order valence-corrected chi connectivity index (χ2v) is 6.52. The van der Waals surface area contributed by atoms with Crippen LogP contribution in [0.5, 0.6) is 0 Å². The van der Waals surface area contributed by atoms with E-state index in [9.17, 15) is 22.8 Å². The Balaban J connectivity index is 2.83. The molecule has 1 aromatic heterocycles. The van der Waals surface area contributed by atoms with Crippen LogP contribution in [-0.2, 0) is 10.9 Å². The molecule has 0 aliphatic heterocycles. The third-order valence-electron chi connectivity index (χ3n) is 3.71. The molecule has 0 amide bonds. The number of aromatic amines is 1. The van der Waals surface area contributed by atoms with E-state index >= 15 is 0 Å². The molecule has 0 saturated heterocycles. The van der Waals surface area contributed by atoms with E-state index < -0.39 is 29.1 Å². The van der Waals surface area contributed by atoms with Crippen LogP contribution in [0.25, 0.3) is 10.9 Å². The Labute approximate surface area is 151 Å². The van der Waals surface area contributed by atoms with Crippen LogP contribution >= 0.6 is 11.9 Å². The van der Waals surface area contributed by atoms with Crippen LogP contribution in [0.1, 0.15) is 44.4 Å². The highest BCUT2D eigenvalue weighted by Gasteiger charge is 2.36. The maximum atomic E-state index is 13.6. The van der Waals surface area contributed by atoms with Crippen molar-refractivity contribution in [1.82, 2.24) is 9.66 Å². The summed E-state index contributed by atoms with van der Waals surface area (Å²) < 4.78 is 47.0. The minimum absolute atomic E-state index is 0.0278. The average molecular weight is 391 g/mol. The standard InChI is InChI=1S/C16H20F3N3O3S/c1-5-13(25-8(2)3)9-6-10-12(7-11(9)16(17,18)19)20-15(24)22(14(10)23)21-26-4/h6-8,13,21H,5H2,1-4H3,(H,20,24). The van der Waals surface area contributed by atoms with E-state index in [4.69, 9.17) is 4.74 Å². The van der Waals surface area contributed by atoms with E-state index in [1.54, 1.807) is 27.0 Å². The Hall–Kier alpha value is -1.94. The molecule has 26 heavy (non-hydrogen) atoms. The molecule has 1 atom stereocenters. The number of nitrogens with one attached hydrogen (secondary N) is 2. The normalized spacial score (nSPS) is 13.4. The summed E-state index contributed by atoms with van der Waals surface area (Å²) in [5.74, 6) is 0. The van der Waals surface area contributed by atoms with Gasteiger partial charge in [0.05, 0.1) is 28.7 Å². The predicted octanol–water partition coefficient (Wildman–Crippen LogP) is 3.41. The molecule has 0 spiro atoms. The number of aromatic nitrogens is 2. The molecule has 0 aliphatic carbocycles. The first-order valence-electron chi connectivity index (χ1n) is 7.94. The molecule has 1 unspecified atom stereocenters. The Kier molecular flexibility index (Phi) is 6.07. The minimum atomic E-state index is -4.65. The number of H-pyrrole nitrogens is 1. The van der Waals surface area contributed by atoms with Crippen molar-refractivity contribution in [3.8, 4) is 0 Å². The molecule has 0 fully saturated rings.